The molecule has 1 heterocycles. The zero-order valence-corrected chi connectivity index (χ0v) is 15.5. The van der Waals surface area contributed by atoms with Crippen LogP contribution in [-0.4, -0.2) is 6.72 Å². The number of benzene rings is 2. The second-order valence-corrected chi connectivity index (χ2v) is 7.44. The summed E-state index contributed by atoms with van der Waals surface area (Å²) in [6.07, 6.45) is 1.83. The smallest absolute Gasteiger partial charge is 0.0998 e. The van der Waals surface area contributed by atoms with E-state index < -0.39 is 0 Å². The van der Waals surface area contributed by atoms with Crippen molar-refractivity contribution >= 4 is 34.4 Å². The van der Waals surface area contributed by atoms with Crippen LogP contribution in [0.2, 0.25) is 0 Å². The first-order valence-corrected chi connectivity index (χ1v) is 9.07. The summed E-state index contributed by atoms with van der Waals surface area (Å²) >= 11 is 1.81. The molecule has 25 heavy (non-hydrogen) atoms. The molecule has 0 fully saturated rings. The Kier molecular flexibility index (Phi) is 4.83. The average Bonchev–Trinajstić information content (AvgIpc) is 3.01. The summed E-state index contributed by atoms with van der Waals surface area (Å²) in [6, 6.07) is 16.5. The topological polar surface area (TPSA) is 36.1 Å². The predicted octanol–water partition coefficient (Wildman–Crippen LogP) is 6.29. The van der Waals surface area contributed by atoms with Gasteiger partial charge in [0.15, 0.2) is 0 Å². The quantitative estimate of drug-likeness (QED) is 0.512. The third-order valence-electron chi connectivity index (χ3n) is 4.31. The highest BCUT2D eigenvalue weighted by atomic mass is 32.1. The Morgan fingerprint density at radius 1 is 1.20 bits per heavy atom. The molecular formula is C22H20N2S. The first kappa shape index (κ1) is 17.1. The van der Waals surface area contributed by atoms with Crippen LogP contribution in [0.3, 0.4) is 0 Å². The Bertz CT molecular complexity index is 1020. The molecule has 124 valence electrons. The molecule has 0 amide bonds. The number of thiophene rings is 1. The van der Waals surface area contributed by atoms with Crippen molar-refractivity contribution < 1.29 is 0 Å². The van der Waals surface area contributed by atoms with E-state index in [1.54, 1.807) is 0 Å². The lowest BCUT2D eigenvalue weighted by Gasteiger charge is -2.11. The minimum atomic E-state index is 0.494. The summed E-state index contributed by atoms with van der Waals surface area (Å²) in [4.78, 5) is 6.64. The molecule has 0 unspecified atom stereocenters. The molecule has 0 radical (unpaired) electrons. The maximum atomic E-state index is 9.40. The SMILES string of the molecule is C=N/C=C(\c1sc(C(C)C)cc1C)c1ccc(C#N)c2ccccc12. The number of hydrogen-bond acceptors (Lipinski definition) is 3. The lowest BCUT2D eigenvalue weighted by molar-refractivity contribution is 0.889. The van der Waals surface area contributed by atoms with Crippen LogP contribution < -0.4 is 0 Å². The Morgan fingerprint density at radius 2 is 1.92 bits per heavy atom. The molecule has 3 rings (SSSR count). The van der Waals surface area contributed by atoms with Crippen molar-refractivity contribution in [3.05, 3.63) is 75.1 Å². The van der Waals surface area contributed by atoms with Gasteiger partial charge in [0.1, 0.15) is 0 Å². The molecule has 3 heteroatoms. The Balaban J connectivity index is 2.29. The standard InChI is InChI=1S/C22H20N2S/c1-14(2)21-11-15(3)22(25-21)20(13-24-4)19-10-9-16(12-23)17-7-5-6-8-18(17)19/h5-11,13-14H,4H2,1-3H3/b20-13-. The lowest BCUT2D eigenvalue weighted by atomic mass is 9.94. The number of fused-ring (bicyclic) bond motifs is 1. The van der Waals surface area contributed by atoms with E-state index in [1.807, 2.05) is 47.9 Å². The van der Waals surface area contributed by atoms with E-state index in [9.17, 15) is 5.26 Å². The van der Waals surface area contributed by atoms with Gasteiger partial charge in [0, 0.05) is 26.9 Å². The van der Waals surface area contributed by atoms with Crippen LogP contribution in [0.1, 0.15) is 46.2 Å². The van der Waals surface area contributed by atoms with Gasteiger partial charge in [-0.25, -0.2) is 0 Å². The van der Waals surface area contributed by atoms with Crippen LogP contribution in [0.15, 0.2) is 53.7 Å². The molecular weight excluding hydrogens is 324 g/mol. The predicted molar refractivity (Wildman–Crippen MR) is 108 cm³/mol. The molecule has 0 saturated heterocycles. The molecule has 2 aromatic carbocycles. The Morgan fingerprint density at radius 3 is 2.52 bits per heavy atom. The number of nitriles is 1. The van der Waals surface area contributed by atoms with Crippen molar-refractivity contribution in [3.63, 3.8) is 0 Å². The van der Waals surface area contributed by atoms with Gasteiger partial charge >= 0.3 is 0 Å². The molecule has 0 bridgehead atoms. The first-order chi connectivity index (χ1) is 12.1. The summed E-state index contributed by atoms with van der Waals surface area (Å²) in [5.74, 6) is 0.494. The van der Waals surface area contributed by atoms with Crippen molar-refractivity contribution in [3.8, 4) is 6.07 Å². The number of aliphatic imine (C=N–C) groups is 1. The summed E-state index contributed by atoms with van der Waals surface area (Å²) < 4.78 is 0. The van der Waals surface area contributed by atoms with Gasteiger partial charge in [-0.1, -0.05) is 44.2 Å². The normalized spacial score (nSPS) is 11.7. The third-order valence-corrected chi connectivity index (χ3v) is 5.88. The molecule has 2 nitrogen and oxygen atoms in total. The largest absolute Gasteiger partial charge is 0.272 e. The number of rotatable bonds is 4. The fourth-order valence-corrected chi connectivity index (χ4v) is 4.23. The molecule has 0 aliphatic heterocycles. The van der Waals surface area contributed by atoms with E-state index in [4.69, 9.17) is 0 Å². The van der Waals surface area contributed by atoms with Gasteiger partial charge in [-0.05, 0) is 48.2 Å². The second-order valence-electron chi connectivity index (χ2n) is 6.36. The molecule has 0 aliphatic rings. The molecule has 0 aliphatic carbocycles. The molecule has 3 aromatic rings. The zero-order chi connectivity index (χ0) is 18.0. The van der Waals surface area contributed by atoms with E-state index >= 15 is 0 Å². The van der Waals surface area contributed by atoms with Crippen LogP contribution in [0, 0.1) is 18.3 Å². The molecule has 1 aromatic heterocycles. The van der Waals surface area contributed by atoms with Crippen LogP contribution in [0.25, 0.3) is 16.3 Å². The van der Waals surface area contributed by atoms with E-state index in [0.29, 0.717) is 11.5 Å². The molecule has 0 atom stereocenters. The van der Waals surface area contributed by atoms with Crippen molar-refractivity contribution in [2.75, 3.05) is 0 Å². The minimum absolute atomic E-state index is 0.494. The van der Waals surface area contributed by atoms with E-state index in [2.05, 4.69) is 50.7 Å². The second kappa shape index (κ2) is 7.04. The van der Waals surface area contributed by atoms with Crippen molar-refractivity contribution in [2.45, 2.75) is 26.7 Å². The zero-order valence-electron chi connectivity index (χ0n) is 14.7. The Hall–Kier alpha value is -2.70. The number of nitrogens with zero attached hydrogens (tertiary/aromatic N) is 2. The van der Waals surface area contributed by atoms with Crippen LogP contribution >= 0.6 is 11.3 Å². The van der Waals surface area contributed by atoms with Gasteiger partial charge in [-0.15, -0.1) is 11.3 Å². The van der Waals surface area contributed by atoms with E-state index in [1.165, 1.54) is 15.3 Å². The fraction of sp³-hybridized carbons (Fsp3) is 0.182. The van der Waals surface area contributed by atoms with Crippen molar-refractivity contribution in [2.24, 2.45) is 4.99 Å². The highest BCUT2D eigenvalue weighted by Crippen LogP contribution is 2.38. The van der Waals surface area contributed by atoms with Crippen LogP contribution in [-0.2, 0) is 0 Å². The van der Waals surface area contributed by atoms with E-state index in [0.717, 1.165) is 21.9 Å². The van der Waals surface area contributed by atoms with Gasteiger partial charge in [0.25, 0.3) is 0 Å². The highest BCUT2D eigenvalue weighted by Gasteiger charge is 2.16. The minimum Gasteiger partial charge on any atom is -0.272 e. The molecule has 0 N–H and O–H groups in total. The Labute approximate surface area is 152 Å². The summed E-state index contributed by atoms with van der Waals surface area (Å²) in [7, 11) is 0. The first-order valence-electron chi connectivity index (χ1n) is 8.25. The number of hydrogen-bond donors (Lipinski definition) is 0. The van der Waals surface area contributed by atoms with Crippen molar-refractivity contribution in [1.82, 2.24) is 0 Å². The van der Waals surface area contributed by atoms with Gasteiger partial charge in [-0.3, -0.25) is 4.99 Å². The van der Waals surface area contributed by atoms with Gasteiger partial charge in [-0.2, -0.15) is 5.26 Å². The maximum absolute atomic E-state index is 9.40. The number of aryl methyl sites for hydroxylation is 1. The summed E-state index contributed by atoms with van der Waals surface area (Å²) in [5.41, 5.74) is 4.08. The molecule has 0 saturated carbocycles. The monoisotopic (exact) mass is 344 g/mol. The summed E-state index contributed by atoms with van der Waals surface area (Å²) in [5, 5.41) is 11.4. The van der Waals surface area contributed by atoms with Gasteiger partial charge in [0.2, 0.25) is 0 Å². The highest BCUT2D eigenvalue weighted by molar-refractivity contribution is 7.13. The molecule has 0 spiro atoms. The van der Waals surface area contributed by atoms with Crippen LogP contribution in [0.5, 0.6) is 0 Å². The fourth-order valence-electron chi connectivity index (χ4n) is 3.03. The third kappa shape index (κ3) is 3.14. The van der Waals surface area contributed by atoms with E-state index in [-0.39, 0.29) is 0 Å². The van der Waals surface area contributed by atoms with Crippen LogP contribution in [0.4, 0.5) is 0 Å². The lowest BCUT2D eigenvalue weighted by Crippen LogP contribution is -1.91. The van der Waals surface area contributed by atoms with Gasteiger partial charge in [0.05, 0.1) is 11.6 Å². The van der Waals surface area contributed by atoms with Crippen molar-refractivity contribution in [1.29, 1.82) is 5.26 Å². The summed E-state index contributed by atoms with van der Waals surface area (Å²) in [6.45, 7) is 10.2. The maximum Gasteiger partial charge on any atom is 0.0998 e. The van der Waals surface area contributed by atoms with Gasteiger partial charge < -0.3 is 0 Å². The average molecular weight is 344 g/mol.